The summed E-state index contributed by atoms with van der Waals surface area (Å²) in [5.74, 6) is 0.0414. The number of sulfone groups is 1. The molecular weight excluding hydrogens is 296 g/mol. The topological polar surface area (TPSA) is 54.4 Å². The van der Waals surface area contributed by atoms with Crippen molar-refractivity contribution >= 4 is 21.4 Å². The highest BCUT2D eigenvalue weighted by atomic mass is 35.5. The van der Waals surface area contributed by atoms with Gasteiger partial charge in [0.15, 0.2) is 0 Å². The second-order valence-electron chi connectivity index (χ2n) is 5.74. The first-order valence-electron chi connectivity index (χ1n) is 6.98. The zero-order valence-corrected chi connectivity index (χ0v) is 13.2. The van der Waals surface area contributed by atoms with E-state index in [0.29, 0.717) is 24.3 Å². The van der Waals surface area contributed by atoms with Crippen LogP contribution >= 0.6 is 11.6 Å². The Kier molecular flexibility index (Phi) is 5.10. The zero-order chi connectivity index (χ0) is 14.8. The van der Waals surface area contributed by atoms with Gasteiger partial charge in [0.25, 0.3) is 0 Å². The van der Waals surface area contributed by atoms with E-state index < -0.39 is 15.9 Å². The van der Waals surface area contributed by atoms with Crippen LogP contribution in [0.1, 0.15) is 31.2 Å². The van der Waals surface area contributed by atoms with E-state index in [9.17, 15) is 13.5 Å². The lowest BCUT2D eigenvalue weighted by Crippen LogP contribution is -2.34. The highest BCUT2D eigenvalue weighted by molar-refractivity contribution is 7.91. The van der Waals surface area contributed by atoms with Gasteiger partial charge in [-0.1, -0.05) is 36.2 Å². The van der Waals surface area contributed by atoms with Crippen molar-refractivity contribution in [3.63, 3.8) is 0 Å². The molecule has 1 aromatic rings. The van der Waals surface area contributed by atoms with Gasteiger partial charge in [-0.25, -0.2) is 8.42 Å². The molecule has 1 saturated carbocycles. The van der Waals surface area contributed by atoms with E-state index in [1.54, 1.807) is 0 Å². The maximum Gasteiger partial charge on any atom is 0.150 e. The van der Waals surface area contributed by atoms with Crippen LogP contribution in [0.4, 0.5) is 0 Å². The van der Waals surface area contributed by atoms with Crippen molar-refractivity contribution in [2.75, 3.05) is 6.26 Å². The average molecular weight is 317 g/mol. The summed E-state index contributed by atoms with van der Waals surface area (Å²) in [6, 6.07) is 7.47. The molecule has 112 valence electrons. The molecule has 1 fully saturated rings. The summed E-state index contributed by atoms with van der Waals surface area (Å²) in [5.41, 5.74) is 0.920. The lowest BCUT2D eigenvalue weighted by molar-refractivity contribution is 0.0859. The minimum Gasteiger partial charge on any atom is -0.392 e. The molecule has 0 spiro atoms. The Labute approximate surface area is 125 Å². The monoisotopic (exact) mass is 316 g/mol. The van der Waals surface area contributed by atoms with Crippen LogP contribution in [0.2, 0.25) is 5.02 Å². The molecule has 1 aliphatic carbocycles. The molecule has 0 aliphatic heterocycles. The van der Waals surface area contributed by atoms with Crippen molar-refractivity contribution in [2.45, 2.75) is 43.5 Å². The zero-order valence-electron chi connectivity index (χ0n) is 11.6. The van der Waals surface area contributed by atoms with Gasteiger partial charge in [-0.2, -0.15) is 0 Å². The molecule has 2 rings (SSSR count). The van der Waals surface area contributed by atoms with Crippen molar-refractivity contribution in [1.82, 2.24) is 0 Å². The summed E-state index contributed by atoms with van der Waals surface area (Å²) in [5, 5.41) is 10.7. The number of aliphatic hydroxyl groups excluding tert-OH is 1. The van der Waals surface area contributed by atoms with Gasteiger partial charge in [-0.3, -0.25) is 0 Å². The molecule has 3 atom stereocenters. The van der Waals surface area contributed by atoms with Crippen LogP contribution < -0.4 is 0 Å². The quantitative estimate of drug-likeness (QED) is 0.929. The first kappa shape index (κ1) is 15.8. The molecule has 0 bridgehead atoms. The highest BCUT2D eigenvalue weighted by Gasteiger charge is 2.32. The van der Waals surface area contributed by atoms with E-state index in [1.807, 2.05) is 24.3 Å². The summed E-state index contributed by atoms with van der Waals surface area (Å²) in [7, 11) is -3.01. The molecular formula is C15H21ClO3S. The van der Waals surface area contributed by atoms with Gasteiger partial charge in [-0.05, 0) is 36.8 Å². The summed E-state index contributed by atoms with van der Waals surface area (Å²) in [6.07, 6.45) is 4.28. The largest absolute Gasteiger partial charge is 0.392 e. The molecule has 3 unspecified atom stereocenters. The smallest absolute Gasteiger partial charge is 0.150 e. The normalized spacial score (nSPS) is 25.4. The SMILES string of the molecule is CS(=O)(=O)C1CCCC(C(O)Cc2ccccc2Cl)C1. The van der Waals surface area contributed by atoms with E-state index in [4.69, 9.17) is 11.6 Å². The number of halogens is 1. The molecule has 0 aromatic heterocycles. The van der Waals surface area contributed by atoms with Crippen LogP contribution in [-0.4, -0.2) is 31.1 Å². The first-order valence-corrected chi connectivity index (χ1v) is 9.31. The first-order chi connectivity index (χ1) is 9.38. The number of aliphatic hydroxyl groups is 1. The van der Waals surface area contributed by atoms with Crippen molar-refractivity contribution in [3.05, 3.63) is 34.9 Å². The maximum absolute atomic E-state index is 11.7. The van der Waals surface area contributed by atoms with Gasteiger partial charge >= 0.3 is 0 Å². The number of rotatable bonds is 4. The fourth-order valence-electron chi connectivity index (χ4n) is 2.98. The molecule has 20 heavy (non-hydrogen) atoms. The van der Waals surface area contributed by atoms with Crippen molar-refractivity contribution < 1.29 is 13.5 Å². The van der Waals surface area contributed by atoms with Crippen LogP contribution in [0.3, 0.4) is 0 Å². The Morgan fingerprint density at radius 1 is 1.35 bits per heavy atom. The van der Waals surface area contributed by atoms with Gasteiger partial charge in [0.2, 0.25) is 0 Å². The van der Waals surface area contributed by atoms with Gasteiger partial charge in [0.05, 0.1) is 11.4 Å². The third-order valence-electron chi connectivity index (χ3n) is 4.20. The number of benzene rings is 1. The Bertz CT molecular complexity index is 556. The second-order valence-corrected chi connectivity index (χ2v) is 8.47. The van der Waals surface area contributed by atoms with Crippen LogP contribution in [0, 0.1) is 5.92 Å². The molecule has 1 aliphatic rings. The third kappa shape index (κ3) is 3.96. The van der Waals surface area contributed by atoms with Crippen molar-refractivity contribution in [2.24, 2.45) is 5.92 Å². The molecule has 3 nitrogen and oxygen atoms in total. The van der Waals surface area contributed by atoms with Crippen molar-refractivity contribution in [1.29, 1.82) is 0 Å². The van der Waals surface area contributed by atoms with E-state index >= 15 is 0 Å². The Morgan fingerprint density at radius 2 is 2.05 bits per heavy atom. The number of hydrogen-bond donors (Lipinski definition) is 1. The number of hydrogen-bond acceptors (Lipinski definition) is 3. The standard InChI is InChI=1S/C15H21ClO3S/c1-20(18,19)13-7-4-6-12(9-13)15(17)10-11-5-2-3-8-14(11)16/h2-3,5,8,12-13,15,17H,4,6-7,9-10H2,1H3. The third-order valence-corrected chi connectivity index (χ3v) is 6.21. The predicted octanol–water partition coefficient (Wildman–Crippen LogP) is 2.85. The summed E-state index contributed by atoms with van der Waals surface area (Å²) in [6.45, 7) is 0. The summed E-state index contributed by atoms with van der Waals surface area (Å²) < 4.78 is 23.3. The molecule has 1 N–H and O–H groups in total. The average Bonchev–Trinajstić information content (AvgIpc) is 2.40. The van der Waals surface area contributed by atoms with Gasteiger partial charge in [0, 0.05) is 17.7 Å². The van der Waals surface area contributed by atoms with Crippen LogP contribution in [0.25, 0.3) is 0 Å². The van der Waals surface area contributed by atoms with E-state index in [1.165, 1.54) is 6.26 Å². The van der Waals surface area contributed by atoms with Crippen LogP contribution in [-0.2, 0) is 16.3 Å². The minimum atomic E-state index is -3.01. The van der Waals surface area contributed by atoms with E-state index in [-0.39, 0.29) is 11.2 Å². The summed E-state index contributed by atoms with van der Waals surface area (Å²) in [4.78, 5) is 0. The minimum absolute atomic E-state index is 0.0414. The Balaban J connectivity index is 2.02. The Morgan fingerprint density at radius 3 is 2.70 bits per heavy atom. The maximum atomic E-state index is 11.7. The molecule has 0 radical (unpaired) electrons. The predicted molar refractivity (Wildman–Crippen MR) is 81.8 cm³/mol. The fraction of sp³-hybridized carbons (Fsp3) is 0.600. The molecule has 5 heteroatoms. The van der Waals surface area contributed by atoms with Gasteiger partial charge in [0.1, 0.15) is 9.84 Å². The van der Waals surface area contributed by atoms with Crippen molar-refractivity contribution in [3.8, 4) is 0 Å². The van der Waals surface area contributed by atoms with Gasteiger partial charge < -0.3 is 5.11 Å². The molecule has 1 aromatic carbocycles. The molecule has 0 amide bonds. The van der Waals surface area contributed by atoms with E-state index in [2.05, 4.69) is 0 Å². The summed E-state index contributed by atoms with van der Waals surface area (Å²) >= 11 is 6.10. The van der Waals surface area contributed by atoms with Crippen LogP contribution in [0.5, 0.6) is 0 Å². The molecule has 0 saturated heterocycles. The second kappa shape index (κ2) is 6.46. The molecule has 0 heterocycles. The Hall–Kier alpha value is -0.580. The lowest BCUT2D eigenvalue weighted by Gasteiger charge is -2.31. The van der Waals surface area contributed by atoms with Gasteiger partial charge in [-0.15, -0.1) is 0 Å². The van der Waals surface area contributed by atoms with E-state index in [0.717, 1.165) is 18.4 Å². The lowest BCUT2D eigenvalue weighted by atomic mass is 9.83. The highest BCUT2D eigenvalue weighted by Crippen LogP contribution is 2.32. The van der Waals surface area contributed by atoms with Crippen LogP contribution in [0.15, 0.2) is 24.3 Å². The fourth-order valence-corrected chi connectivity index (χ4v) is 4.38.